The van der Waals surface area contributed by atoms with Crippen LogP contribution in [0, 0.1) is 0 Å². The van der Waals surface area contributed by atoms with E-state index in [1.807, 2.05) is 24.3 Å². The van der Waals surface area contributed by atoms with Crippen molar-refractivity contribution in [2.24, 2.45) is 5.73 Å². The Morgan fingerprint density at radius 1 is 1.35 bits per heavy atom. The number of nitrogens with two attached hydrogens (primary N) is 1. The highest BCUT2D eigenvalue weighted by molar-refractivity contribution is 7.99. The maximum Gasteiger partial charge on any atom is 0.221 e. The second-order valence-corrected chi connectivity index (χ2v) is 5.67. The van der Waals surface area contributed by atoms with E-state index in [4.69, 9.17) is 5.73 Å². The summed E-state index contributed by atoms with van der Waals surface area (Å²) in [5, 5.41) is 0.863. The minimum Gasteiger partial charge on any atom is -0.369 e. The molecule has 2 aromatic rings. The molecule has 1 aromatic heterocycles. The van der Waals surface area contributed by atoms with Crippen LogP contribution in [0.15, 0.2) is 46.5 Å². The Kier molecular flexibility index (Phi) is 3.28. The van der Waals surface area contributed by atoms with E-state index in [-0.39, 0.29) is 12.2 Å². The van der Waals surface area contributed by atoms with Gasteiger partial charge in [0.15, 0.2) is 5.78 Å². The Morgan fingerprint density at radius 3 is 3.00 bits per heavy atom. The molecule has 2 N–H and O–H groups in total. The molecule has 0 unspecified atom stereocenters. The van der Waals surface area contributed by atoms with Gasteiger partial charge in [-0.3, -0.25) is 9.59 Å². The molecule has 1 aliphatic rings. The molecule has 0 aliphatic carbocycles. The van der Waals surface area contributed by atoms with Gasteiger partial charge in [-0.05, 0) is 29.3 Å². The Hall–Kier alpha value is -2.14. The Balaban J connectivity index is 2.04. The lowest BCUT2D eigenvalue weighted by Gasteiger charge is -2.06. The van der Waals surface area contributed by atoms with Crippen LogP contribution in [0.4, 0.5) is 0 Å². The van der Waals surface area contributed by atoms with Gasteiger partial charge in [0.05, 0.1) is 6.42 Å². The number of benzene rings is 1. The first kappa shape index (κ1) is 12.9. The van der Waals surface area contributed by atoms with Crippen molar-refractivity contribution < 1.29 is 9.59 Å². The Bertz CT molecular complexity index is 713. The standard InChI is InChI=1S/C15H12N2O2S/c16-14(19)7-9-3-4-13-11(6-9)12(18)8-10-2-1-5-17-15(10)20-13/h1-6H,7-8H2,(H2,16,19). The molecule has 1 aliphatic heterocycles. The van der Waals surface area contributed by atoms with E-state index in [0.717, 1.165) is 21.0 Å². The van der Waals surface area contributed by atoms with E-state index in [2.05, 4.69) is 4.98 Å². The summed E-state index contributed by atoms with van der Waals surface area (Å²) in [4.78, 5) is 28.5. The number of aromatic nitrogens is 1. The van der Waals surface area contributed by atoms with Crippen molar-refractivity contribution in [3.8, 4) is 0 Å². The summed E-state index contributed by atoms with van der Waals surface area (Å²) in [5.41, 5.74) is 7.55. The number of nitrogens with zero attached hydrogens (tertiary/aromatic N) is 1. The first-order valence-corrected chi connectivity index (χ1v) is 7.01. The van der Waals surface area contributed by atoms with Crippen molar-refractivity contribution in [3.63, 3.8) is 0 Å². The minimum atomic E-state index is -0.399. The number of rotatable bonds is 2. The van der Waals surface area contributed by atoms with Crippen molar-refractivity contribution in [1.82, 2.24) is 4.98 Å². The van der Waals surface area contributed by atoms with E-state index in [0.29, 0.717) is 12.0 Å². The van der Waals surface area contributed by atoms with Gasteiger partial charge in [0.2, 0.25) is 5.91 Å². The fraction of sp³-hybridized carbons (Fsp3) is 0.133. The van der Waals surface area contributed by atoms with Crippen molar-refractivity contribution in [1.29, 1.82) is 0 Å². The second-order valence-electron chi connectivity index (χ2n) is 4.64. The number of Topliss-reactive ketones (excluding diaryl/α,β-unsaturated/α-hetero) is 1. The SMILES string of the molecule is NC(=O)Cc1ccc2c(c1)C(=O)Cc1cccnc1S2. The third-order valence-electron chi connectivity index (χ3n) is 3.13. The molecular weight excluding hydrogens is 272 g/mol. The maximum atomic E-state index is 12.3. The van der Waals surface area contributed by atoms with Gasteiger partial charge in [-0.15, -0.1) is 0 Å². The second kappa shape index (κ2) is 5.09. The fourth-order valence-corrected chi connectivity index (χ4v) is 3.23. The maximum absolute atomic E-state index is 12.3. The highest BCUT2D eigenvalue weighted by Crippen LogP contribution is 2.35. The number of hydrogen-bond acceptors (Lipinski definition) is 4. The normalized spacial score (nSPS) is 13.3. The zero-order valence-corrected chi connectivity index (χ0v) is 11.4. The average molecular weight is 284 g/mol. The number of fused-ring (bicyclic) bond motifs is 2. The summed E-state index contributed by atoms with van der Waals surface area (Å²) >= 11 is 1.49. The van der Waals surface area contributed by atoms with Gasteiger partial charge < -0.3 is 5.73 Å². The van der Waals surface area contributed by atoms with E-state index >= 15 is 0 Å². The third kappa shape index (κ3) is 2.44. The topological polar surface area (TPSA) is 73.1 Å². The predicted molar refractivity (Wildman–Crippen MR) is 75.7 cm³/mol. The van der Waals surface area contributed by atoms with Gasteiger partial charge in [-0.25, -0.2) is 4.98 Å². The molecule has 3 rings (SSSR count). The molecule has 5 heteroatoms. The van der Waals surface area contributed by atoms with E-state index in [1.54, 1.807) is 12.3 Å². The van der Waals surface area contributed by atoms with Crippen LogP contribution in [-0.2, 0) is 17.6 Å². The van der Waals surface area contributed by atoms with E-state index < -0.39 is 5.91 Å². The van der Waals surface area contributed by atoms with Gasteiger partial charge in [0.1, 0.15) is 5.03 Å². The molecule has 0 saturated heterocycles. The highest BCUT2D eigenvalue weighted by Gasteiger charge is 2.21. The van der Waals surface area contributed by atoms with Gasteiger partial charge in [0.25, 0.3) is 0 Å². The lowest BCUT2D eigenvalue weighted by molar-refractivity contribution is -0.117. The highest BCUT2D eigenvalue weighted by atomic mass is 32.2. The molecule has 0 radical (unpaired) electrons. The molecule has 0 bridgehead atoms. The summed E-state index contributed by atoms with van der Waals surface area (Å²) in [7, 11) is 0. The van der Waals surface area contributed by atoms with Crippen LogP contribution in [-0.4, -0.2) is 16.7 Å². The van der Waals surface area contributed by atoms with Crippen LogP contribution in [0.25, 0.3) is 0 Å². The molecule has 2 heterocycles. The Labute approximate surface area is 120 Å². The van der Waals surface area contributed by atoms with Crippen molar-refractivity contribution >= 4 is 23.5 Å². The van der Waals surface area contributed by atoms with Gasteiger partial charge >= 0.3 is 0 Å². The molecule has 0 saturated carbocycles. The Morgan fingerprint density at radius 2 is 2.20 bits per heavy atom. The average Bonchev–Trinajstić information content (AvgIpc) is 2.54. The third-order valence-corrected chi connectivity index (χ3v) is 4.27. The summed E-state index contributed by atoms with van der Waals surface area (Å²) in [6.45, 7) is 0. The summed E-state index contributed by atoms with van der Waals surface area (Å²) < 4.78 is 0. The van der Waals surface area contributed by atoms with Crippen LogP contribution in [0.1, 0.15) is 21.5 Å². The monoisotopic (exact) mass is 284 g/mol. The van der Waals surface area contributed by atoms with E-state index in [9.17, 15) is 9.59 Å². The molecular formula is C15H12N2O2S. The summed E-state index contributed by atoms with van der Waals surface area (Å²) in [6.07, 6.45) is 2.21. The molecule has 0 atom stereocenters. The zero-order valence-electron chi connectivity index (χ0n) is 10.6. The van der Waals surface area contributed by atoms with Crippen LogP contribution in [0.2, 0.25) is 0 Å². The lowest BCUT2D eigenvalue weighted by atomic mass is 10.0. The number of pyridine rings is 1. The molecule has 1 amide bonds. The molecule has 20 heavy (non-hydrogen) atoms. The first-order valence-electron chi connectivity index (χ1n) is 6.19. The lowest BCUT2D eigenvalue weighted by Crippen LogP contribution is -2.14. The fourth-order valence-electron chi connectivity index (χ4n) is 2.22. The predicted octanol–water partition coefficient (Wildman–Crippen LogP) is 2.00. The minimum absolute atomic E-state index is 0.0468. The van der Waals surface area contributed by atoms with Crippen LogP contribution in [0.5, 0.6) is 0 Å². The molecule has 4 nitrogen and oxygen atoms in total. The molecule has 1 aromatic carbocycles. The van der Waals surface area contributed by atoms with Gasteiger partial charge in [0, 0.05) is 23.1 Å². The number of carbonyl (C=O) groups excluding carboxylic acids is 2. The molecule has 100 valence electrons. The number of hydrogen-bond donors (Lipinski definition) is 1. The van der Waals surface area contributed by atoms with Crippen molar-refractivity contribution in [2.45, 2.75) is 22.8 Å². The largest absolute Gasteiger partial charge is 0.369 e. The number of amides is 1. The van der Waals surface area contributed by atoms with E-state index in [1.165, 1.54) is 11.8 Å². The smallest absolute Gasteiger partial charge is 0.221 e. The van der Waals surface area contributed by atoms with Crippen LogP contribution >= 0.6 is 11.8 Å². The summed E-state index contributed by atoms with van der Waals surface area (Å²) in [6, 6.07) is 9.21. The van der Waals surface area contributed by atoms with Crippen molar-refractivity contribution in [2.75, 3.05) is 0 Å². The van der Waals surface area contributed by atoms with Gasteiger partial charge in [-0.1, -0.05) is 23.9 Å². The molecule has 0 spiro atoms. The quantitative estimate of drug-likeness (QED) is 0.915. The number of carbonyl (C=O) groups is 2. The van der Waals surface area contributed by atoms with Crippen LogP contribution < -0.4 is 5.73 Å². The van der Waals surface area contributed by atoms with Gasteiger partial charge in [-0.2, -0.15) is 0 Å². The zero-order chi connectivity index (χ0) is 14.1. The number of primary amides is 1. The number of ketones is 1. The van der Waals surface area contributed by atoms with Crippen molar-refractivity contribution in [3.05, 3.63) is 53.2 Å². The van der Waals surface area contributed by atoms with Crippen LogP contribution in [0.3, 0.4) is 0 Å². The molecule has 0 fully saturated rings. The summed E-state index contributed by atoms with van der Waals surface area (Å²) in [5.74, 6) is -0.353. The first-order chi connectivity index (χ1) is 9.63.